The fourth-order valence-electron chi connectivity index (χ4n) is 2.64. The Hall–Kier alpha value is -0.640. The summed E-state index contributed by atoms with van der Waals surface area (Å²) in [6.07, 6.45) is 2.37. The molecule has 0 amide bonds. The third kappa shape index (κ3) is 3.10. The minimum absolute atomic E-state index is 0.492. The molecular formula is C16H15Br2N. The van der Waals surface area contributed by atoms with Gasteiger partial charge in [0.1, 0.15) is 0 Å². The Labute approximate surface area is 130 Å². The van der Waals surface area contributed by atoms with Gasteiger partial charge in [-0.2, -0.15) is 0 Å². The molecule has 1 nitrogen and oxygen atoms in total. The predicted octanol–water partition coefficient (Wildman–Crippen LogP) is 4.99. The van der Waals surface area contributed by atoms with Crippen LogP contribution in [0.5, 0.6) is 0 Å². The van der Waals surface area contributed by atoms with E-state index < -0.39 is 0 Å². The smallest absolute Gasteiger partial charge is 0.0329 e. The molecule has 1 unspecified atom stereocenters. The molecule has 0 radical (unpaired) electrons. The van der Waals surface area contributed by atoms with Crippen molar-refractivity contribution in [2.45, 2.75) is 25.4 Å². The van der Waals surface area contributed by atoms with Crippen molar-refractivity contribution in [3.8, 4) is 0 Å². The predicted molar refractivity (Wildman–Crippen MR) is 86.2 cm³/mol. The Morgan fingerprint density at radius 3 is 2.53 bits per heavy atom. The third-order valence-corrected chi connectivity index (χ3v) is 4.67. The molecule has 0 heterocycles. The lowest BCUT2D eigenvalue weighted by Gasteiger charge is -2.14. The van der Waals surface area contributed by atoms with Gasteiger partial charge >= 0.3 is 0 Å². The van der Waals surface area contributed by atoms with Gasteiger partial charge in [-0.25, -0.2) is 0 Å². The molecule has 0 saturated carbocycles. The van der Waals surface area contributed by atoms with Gasteiger partial charge < -0.3 is 5.32 Å². The molecule has 3 heteroatoms. The second-order valence-corrected chi connectivity index (χ2v) is 6.77. The van der Waals surface area contributed by atoms with Gasteiger partial charge in [-0.3, -0.25) is 0 Å². The molecule has 1 N–H and O–H groups in total. The maximum atomic E-state index is 3.66. The van der Waals surface area contributed by atoms with E-state index in [1.807, 2.05) is 0 Å². The van der Waals surface area contributed by atoms with Crippen LogP contribution >= 0.6 is 31.9 Å². The largest absolute Gasteiger partial charge is 0.306 e. The number of aryl methyl sites for hydroxylation is 1. The molecule has 3 rings (SSSR count). The van der Waals surface area contributed by atoms with Crippen LogP contribution in [0.15, 0.2) is 51.4 Å². The fourth-order valence-corrected chi connectivity index (χ4v) is 3.31. The number of hydrogen-bond donors (Lipinski definition) is 1. The van der Waals surface area contributed by atoms with E-state index in [9.17, 15) is 0 Å². The lowest BCUT2D eigenvalue weighted by molar-refractivity contribution is 0.530. The average molecular weight is 381 g/mol. The van der Waals surface area contributed by atoms with Gasteiger partial charge in [0.2, 0.25) is 0 Å². The van der Waals surface area contributed by atoms with E-state index in [1.54, 1.807) is 0 Å². The van der Waals surface area contributed by atoms with Crippen LogP contribution < -0.4 is 5.32 Å². The summed E-state index contributed by atoms with van der Waals surface area (Å²) in [6.45, 7) is 0.924. The van der Waals surface area contributed by atoms with Crippen LogP contribution in [0.4, 0.5) is 0 Å². The molecule has 2 aromatic carbocycles. The molecule has 0 spiro atoms. The van der Waals surface area contributed by atoms with Gasteiger partial charge in [-0.15, -0.1) is 0 Å². The van der Waals surface area contributed by atoms with E-state index in [-0.39, 0.29) is 0 Å². The second kappa shape index (κ2) is 5.78. The standard InChI is InChI=1S/C16H15Br2N/c17-13-4-1-11(2-5-13)10-19-16-8-3-12-9-14(18)6-7-15(12)16/h1-2,4-7,9,16,19H,3,8,10H2. The molecule has 0 bridgehead atoms. The topological polar surface area (TPSA) is 12.0 Å². The van der Waals surface area contributed by atoms with Crippen molar-refractivity contribution in [2.75, 3.05) is 0 Å². The van der Waals surface area contributed by atoms with Crippen LogP contribution in [0.2, 0.25) is 0 Å². The van der Waals surface area contributed by atoms with Gasteiger partial charge in [-0.1, -0.05) is 50.1 Å². The number of nitrogens with one attached hydrogen (secondary N) is 1. The molecule has 0 aliphatic heterocycles. The monoisotopic (exact) mass is 379 g/mol. The summed E-state index contributed by atoms with van der Waals surface area (Å²) < 4.78 is 2.31. The minimum atomic E-state index is 0.492. The van der Waals surface area contributed by atoms with E-state index in [0.717, 1.165) is 11.0 Å². The maximum absolute atomic E-state index is 3.66. The Balaban J connectivity index is 1.68. The summed E-state index contributed by atoms with van der Waals surface area (Å²) in [7, 11) is 0. The SMILES string of the molecule is Brc1ccc(CNC2CCc3cc(Br)ccc32)cc1. The van der Waals surface area contributed by atoms with Crippen molar-refractivity contribution < 1.29 is 0 Å². The molecule has 1 aliphatic rings. The normalized spacial score (nSPS) is 17.5. The van der Waals surface area contributed by atoms with E-state index in [0.29, 0.717) is 6.04 Å². The Bertz CT molecular complexity index is 578. The van der Waals surface area contributed by atoms with Crippen molar-refractivity contribution in [1.29, 1.82) is 0 Å². The number of benzene rings is 2. The van der Waals surface area contributed by atoms with Crippen molar-refractivity contribution in [3.05, 3.63) is 68.1 Å². The number of fused-ring (bicyclic) bond motifs is 1. The fraction of sp³-hybridized carbons (Fsp3) is 0.250. The summed E-state index contributed by atoms with van der Waals surface area (Å²) in [5.74, 6) is 0. The Morgan fingerprint density at radius 2 is 1.74 bits per heavy atom. The van der Waals surface area contributed by atoms with Crippen molar-refractivity contribution in [2.24, 2.45) is 0 Å². The minimum Gasteiger partial charge on any atom is -0.306 e. The van der Waals surface area contributed by atoms with Crippen LogP contribution in [0, 0.1) is 0 Å². The molecule has 98 valence electrons. The van der Waals surface area contributed by atoms with Crippen molar-refractivity contribution >= 4 is 31.9 Å². The van der Waals surface area contributed by atoms with Crippen LogP contribution in [0.1, 0.15) is 29.2 Å². The highest BCUT2D eigenvalue weighted by molar-refractivity contribution is 9.10. The van der Waals surface area contributed by atoms with E-state index in [2.05, 4.69) is 79.6 Å². The zero-order chi connectivity index (χ0) is 13.2. The van der Waals surface area contributed by atoms with Crippen LogP contribution in [-0.4, -0.2) is 0 Å². The highest BCUT2D eigenvalue weighted by Gasteiger charge is 2.21. The summed E-state index contributed by atoms with van der Waals surface area (Å²) in [6, 6.07) is 15.6. The Morgan fingerprint density at radius 1 is 1.00 bits per heavy atom. The number of rotatable bonds is 3. The third-order valence-electron chi connectivity index (χ3n) is 3.65. The van der Waals surface area contributed by atoms with Gasteiger partial charge in [0.15, 0.2) is 0 Å². The summed E-state index contributed by atoms with van der Waals surface area (Å²) >= 11 is 7.01. The zero-order valence-electron chi connectivity index (χ0n) is 10.5. The summed E-state index contributed by atoms with van der Waals surface area (Å²) in [5, 5.41) is 3.66. The molecular weight excluding hydrogens is 366 g/mol. The van der Waals surface area contributed by atoms with Crippen molar-refractivity contribution in [3.63, 3.8) is 0 Å². The van der Waals surface area contributed by atoms with Crippen LogP contribution in [0.3, 0.4) is 0 Å². The molecule has 0 saturated heterocycles. The number of halogens is 2. The molecule has 0 fully saturated rings. The molecule has 1 atom stereocenters. The molecule has 1 aliphatic carbocycles. The Kier molecular flexibility index (Phi) is 4.06. The lowest BCUT2D eigenvalue weighted by atomic mass is 10.1. The van der Waals surface area contributed by atoms with Crippen LogP contribution in [0.25, 0.3) is 0 Å². The van der Waals surface area contributed by atoms with Gasteiger partial charge in [-0.05, 0) is 53.8 Å². The molecule has 19 heavy (non-hydrogen) atoms. The zero-order valence-corrected chi connectivity index (χ0v) is 13.7. The van der Waals surface area contributed by atoms with Gasteiger partial charge in [0.05, 0.1) is 0 Å². The van der Waals surface area contributed by atoms with Crippen molar-refractivity contribution in [1.82, 2.24) is 5.32 Å². The first kappa shape index (κ1) is 13.3. The quantitative estimate of drug-likeness (QED) is 0.790. The maximum Gasteiger partial charge on any atom is 0.0329 e. The first-order valence-electron chi connectivity index (χ1n) is 6.48. The van der Waals surface area contributed by atoms with E-state index >= 15 is 0 Å². The lowest BCUT2D eigenvalue weighted by Crippen LogP contribution is -2.18. The summed E-state index contributed by atoms with van der Waals surface area (Å²) in [5.41, 5.74) is 4.26. The second-order valence-electron chi connectivity index (χ2n) is 4.94. The van der Waals surface area contributed by atoms with E-state index in [1.165, 1.54) is 34.0 Å². The average Bonchev–Trinajstić information content (AvgIpc) is 2.80. The molecule has 0 aromatic heterocycles. The molecule has 2 aromatic rings. The number of hydrogen-bond acceptors (Lipinski definition) is 1. The highest BCUT2D eigenvalue weighted by atomic mass is 79.9. The summed E-state index contributed by atoms with van der Waals surface area (Å²) in [4.78, 5) is 0. The van der Waals surface area contributed by atoms with Crippen LogP contribution in [-0.2, 0) is 13.0 Å². The van der Waals surface area contributed by atoms with Gasteiger partial charge in [0.25, 0.3) is 0 Å². The van der Waals surface area contributed by atoms with Gasteiger partial charge in [0, 0.05) is 21.5 Å². The van der Waals surface area contributed by atoms with E-state index in [4.69, 9.17) is 0 Å². The highest BCUT2D eigenvalue weighted by Crippen LogP contribution is 2.33. The first-order valence-corrected chi connectivity index (χ1v) is 8.07. The first-order chi connectivity index (χ1) is 9.22.